The number of hydrogen-bond acceptors (Lipinski definition) is 5. The number of nitrogens with zero attached hydrogens (tertiary/aromatic N) is 3. The number of para-hydroxylation sites is 1. The Bertz CT molecular complexity index is 1190. The molecule has 0 radical (unpaired) electrons. The van der Waals surface area contributed by atoms with Crippen molar-refractivity contribution in [2.75, 3.05) is 0 Å². The van der Waals surface area contributed by atoms with Crippen molar-refractivity contribution in [3.8, 4) is 5.69 Å². The number of thioether (sulfide) groups is 1. The Morgan fingerprint density at radius 3 is 2.59 bits per heavy atom. The fourth-order valence-corrected chi connectivity index (χ4v) is 3.82. The Kier molecular flexibility index (Phi) is 4.58. The lowest BCUT2D eigenvalue weighted by atomic mass is 10.1. The van der Waals surface area contributed by atoms with Gasteiger partial charge in [0.15, 0.2) is 5.16 Å². The molecule has 136 valence electrons. The van der Waals surface area contributed by atoms with Crippen LogP contribution in [-0.2, 0) is 5.75 Å². The molecule has 5 nitrogen and oxygen atoms in total. The molecule has 0 aliphatic heterocycles. The van der Waals surface area contributed by atoms with Crippen LogP contribution in [0.3, 0.4) is 0 Å². The average Bonchev–Trinajstić information content (AvgIpc) is 3.08. The van der Waals surface area contributed by atoms with E-state index in [1.54, 1.807) is 4.57 Å². The number of aryl methyl sites for hydroxylation is 3. The summed E-state index contributed by atoms with van der Waals surface area (Å²) in [6.07, 6.45) is 0. The monoisotopic (exact) mass is 377 g/mol. The van der Waals surface area contributed by atoms with Gasteiger partial charge in [-0.15, -0.1) is 0 Å². The van der Waals surface area contributed by atoms with Crippen molar-refractivity contribution >= 4 is 22.7 Å². The highest BCUT2D eigenvalue weighted by Gasteiger charge is 2.14. The summed E-state index contributed by atoms with van der Waals surface area (Å²) in [7, 11) is 0. The molecule has 0 bridgehead atoms. The fourth-order valence-electron chi connectivity index (χ4n) is 2.93. The first-order valence-electron chi connectivity index (χ1n) is 8.67. The van der Waals surface area contributed by atoms with Gasteiger partial charge in [-0.3, -0.25) is 9.36 Å². The van der Waals surface area contributed by atoms with Crippen LogP contribution < -0.4 is 5.56 Å². The van der Waals surface area contributed by atoms with E-state index < -0.39 is 0 Å². The van der Waals surface area contributed by atoms with Gasteiger partial charge in [0, 0.05) is 11.8 Å². The summed E-state index contributed by atoms with van der Waals surface area (Å²) >= 11 is 1.48. The van der Waals surface area contributed by atoms with Crippen LogP contribution in [0, 0.1) is 20.8 Å². The molecular formula is C21H19N3O2S. The van der Waals surface area contributed by atoms with E-state index in [1.165, 1.54) is 17.3 Å². The largest absolute Gasteiger partial charge is 0.361 e. The molecule has 0 N–H and O–H groups in total. The van der Waals surface area contributed by atoms with E-state index in [1.807, 2.05) is 62.4 Å². The Balaban J connectivity index is 1.86. The van der Waals surface area contributed by atoms with Crippen molar-refractivity contribution in [3.63, 3.8) is 0 Å². The smallest absolute Gasteiger partial charge is 0.266 e. The first kappa shape index (κ1) is 17.5. The molecule has 0 saturated carbocycles. The van der Waals surface area contributed by atoms with E-state index in [-0.39, 0.29) is 5.56 Å². The predicted molar refractivity (Wildman–Crippen MR) is 108 cm³/mol. The summed E-state index contributed by atoms with van der Waals surface area (Å²) in [6.45, 7) is 5.97. The molecule has 0 amide bonds. The van der Waals surface area contributed by atoms with Crippen LogP contribution in [0.25, 0.3) is 16.6 Å². The second kappa shape index (κ2) is 7.04. The van der Waals surface area contributed by atoms with Gasteiger partial charge in [-0.1, -0.05) is 35.1 Å². The van der Waals surface area contributed by atoms with Gasteiger partial charge < -0.3 is 4.52 Å². The molecule has 2 heterocycles. The van der Waals surface area contributed by atoms with Crippen molar-refractivity contribution in [1.29, 1.82) is 0 Å². The first-order valence-corrected chi connectivity index (χ1v) is 9.66. The molecule has 4 aromatic rings. The molecule has 2 aromatic carbocycles. The van der Waals surface area contributed by atoms with Gasteiger partial charge in [-0.25, -0.2) is 4.98 Å². The summed E-state index contributed by atoms with van der Waals surface area (Å²) < 4.78 is 6.83. The summed E-state index contributed by atoms with van der Waals surface area (Å²) in [5.41, 5.74) is 4.60. The van der Waals surface area contributed by atoms with Crippen molar-refractivity contribution in [2.24, 2.45) is 0 Å². The lowest BCUT2D eigenvalue weighted by molar-refractivity contribution is 0.393. The van der Waals surface area contributed by atoms with E-state index in [0.717, 1.165) is 22.7 Å². The molecule has 0 unspecified atom stereocenters. The number of rotatable bonds is 4. The van der Waals surface area contributed by atoms with Crippen LogP contribution in [0.4, 0.5) is 0 Å². The lowest BCUT2D eigenvalue weighted by Gasteiger charge is -2.14. The topological polar surface area (TPSA) is 60.9 Å². The van der Waals surface area contributed by atoms with Crippen LogP contribution in [0.2, 0.25) is 0 Å². The summed E-state index contributed by atoms with van der Waals surface area (Å²) in [5.74, 6) is 1.34. The molecule has 2 aromatic heterocycles. The molecule has 0 saturated heterocycles. The van der Waals surface area contributed by atoms with Crippen LogP contribution >= 0.6 is 11.8 Å². The zero-order valence-corrected chi connectivity index (χ0v) is 16.2. The third-order valence-corrected chi connectivity index (χ3v) is 5.49. The number of hydrogen-bond donors (Lipinski definition) is 0. The van der Waals surface area contributed by atoms with Crippen LogP contribution in [0.15, 0.2) is 63.0 Å². The maximum absolute atomic E-state index is 13.2. The Labute approximate surface area is 161 Å². The van der Waals surface area contributed by atoms with E-state index in [4.69, 9.17) is 9.51 Å². The number of aromatic nitrogens is 3. The van der Waals surface area contributed by atoms with Gasteiger partial charge in [0.25, 0.3) is 5.56 Å². The van der Waals surface area contributed by atoms with Gasteiger partial charge in [0.2, 0.25) is 0 Å². The third-order valence-electron chi connectivity index (χ3n) is 4.52. The van der Waals surface area contributed by atoms with Crippen molar-refractivity contribution in [3.05, 3.63) is 81.5 Å². The standard InChI is InChI=1S/C21H19N3O2S/c1-13-8-9-17(10-14(13)2)24-20(25)18-6-4-5-7-19(18)22-21(24)27-12-16-11-15(3)26-23-16/h4-11H,12H2,1-3H3. The predicted octanol–water partition coefficient (Wildman–Crippen LogP) is 4.59. The maximum Gasteiger partial charge on any atom is 0.266 e. The Hall–Kier alpha value is -2.86. The lowest BCUT2D eigenvalue weighted by Crippen LogP contribution is -2.22. The maximum atomic E-state index is 13.2. The van der Waals surface area contributed by atoms with E-state index in [9.17, 15) is 4.79 Å². The second-order valence-corrected chi connectivity index (χ2v) is 7.48. The third kappa shape index (κ3) is 3.40. The summed E-state index contributed by atoms with van der Waals surface area (Å²) in [6, 6.07) is 15.4. The van der Waals surface area contributed by atoms with E-state index in [2.05, 4.69) is 12.1 Å². The first-order chi connectivity index (χ1) is 13.0. The van der Waals surface area contributed by atoms with Gasteiger partial charge >= 0.3 is 0 Å². The zero-order chi connectivity index (χ0) is 19.0. The van der Waals surface area contributed by atoms with Crippen LogP contribution in [-0.4, -0.2) is 14.7 Å². The minimum atomic E-state index is -0.0670. The molecule has 0 fully saturated rings. The van der Waals surface area contributed by atoms with E-state index >= 15 is 0 Å². The molecule has 27 heavy (non-hydrogen) atoms. The van der Waals surface area contributed by atoms with Gasteiger partial charge in [0.05, 0.1) is 22.3 Å². The molecule has 4 rings (SSSR count). The number of fused-ring (bicyclic) bond motifs is 1. The van der Waals surface area contributed by atoms with Crippen molar-refractivity contribution < 1.29 is 4.52 Å². The minimum absolute atomic E-state index is 0.0670. The van der Waals surface area contributed by atoms with E-state index in [0.29, 0.717) is 21.8 Å². The average molecular weight is 377 g/mol. The second-order valence-electron chi connectivity index (χ2n) is 6.54. The summed E-state index contributed by atoms with van der Waals surface area (Å²) in [4.78, 5) is 18.0. The highest BCUT2D eigenvalue weighted by atomic mass is 32.2. The Morgan fingerprint density at radius 2 is 1.85 bits per heavy atom. The molecule has 0 aliphatic rings. The zero-order valence-electron chi connectivity index (χ0n) is 15.4. The normalized spacial score (nSPS) is 11.2. The quantitative estimate of drug-likeness (QED) is 0.384. The van der Waals surface area contributed by atoms with Crippen LogP contribution in [0.1, 0.15) is 22.6 Å². The molecule has 0 spiro atoms. The number of benzene rings is 2. The van der Waals surface area contributed by atoms with Crippen LogP contribution in [0.5, 0.6) is 0 Å². The SMILES string of the molecule is Cc1cc(CSc2nc3ccccc3c(=O)n2-c2ccc(C)c(C)c2)no1. The molecular weight excluding hydrogens is 358 g/mol. The van der Waals surface area contributed by atoms with Gasteiger partial charge in [-0.05, 0) is 56.2 Å². The Morgan fingerprint density at radius 1 is 1.04 bits per heavy atom. The van der Waals surface area contributed by atoms with Crippen molar-refractivity contribution in [2.45, 2.75) is 31.7 Å². The summed E-state index contributed by atoms with van der Waals surface area (Å²) in [5, 5.41) is 5.28. The highest BCUT2D eigenvalue weighted by molar-refractivity contribution is 7.98. The fraction of sp³-hybridized carbons (Fsp3) is 0.190. The highest BCUT2D eigenvalue weighted by Crippen LogP contribution is 2.25. The molecule has 6 heteroatoms. The minimum Gasteiger partial charge on any atom is -0.361 e. The molecule has 0 atom stereocenters. The van der Waals surface area contributed by atoms with Gasteiger partial charge in [-0.2, -0.15) is 0 Å². The molecule has 0 aliphatic carbocycles. The van der Waals surface area contributed by atoms with Gasteiger partial charge in [0.1, 0.15) is 5.76 Å². The van der Waals surface area contributed by atoms with Crippen molar-refractivity contribution in [1.82, 2.24) is 14.7 Å².